The SMILES string of the molecule is CCOc1c(C)c(C)c(C)c(O)c1O. The summed E-state index contributed by atoms with van der Waals surface area (Å²) in [4.78, 5) is 0. The normalized spacial score (nSPS) is 10.3. The first-order valence-corrected chi connectivity index (χ1v) is 4.65. The van der Waals surface area contributed by atoms with E-state index in [0.29, 0.717) is 17.9 Å². The molecule has 0 bridgehead atoms. The van der Waals surface area contributed by atoms with Crippen molar-refractivity contribution in [2.45, 2.75) is 27.7 Å². The van der Waals surface area contributed by atoms with Crippen LogP contribution < -0.4 is 4.74 Å². The van der Waals surface area contributed by atoms with Crippen LogP contribution in [0.3, 0.4) is 0 Å². The fraction of sp³-hybridized carbons (Fsp3) is 0.455. The van der Waals surface area contributed by atoms with Crippen molar-refractivity contribution in [3.63, 3.8) is 0 Å². The molecule has 1 aromatic rings. The van der Waals surface area contributed by atoms with Crippen molar-refractivity contribution in [3.8, 4) is 17.2 Å². The second-order valence-corrected chi connectivity index (χ2v) is 3.33. The van der Waals surface area contributed by atoms with Crippen molar-refractivity contribution in [1.82, 2.24) is 0 Å². The minimum Gasteiger partial charge on any atom is -0.504 e. The van der Waals surface area contributed by atoms with Crippen LogP contribution in [-0.2, 0) is 0 Å². The highest BCUT2D eigenvalue weighted by molar-refractivity contribution is 5.61. The number of ether oxygens (including phenoxy) is 1. The molecule has 0 amide bonds. The molecule has 1 rings (SSSR count). The number of hydrogen-bond acceptors (Lipinski definition) is 3. The van der Waals surface area contributed by atoms with Gasteiger partial charge in [-0.2, -0.15) is 0 Å². The minimum absolute atomic E-state index is 0.0865. The number of phenolic OH excluding ortho intramolecular Hbond substituents is 2. The van der Waals surface area contributed by atoms with Gasteiger partial charge in [-0.1, -0.05) is 0 Å². The Hall–Kier alpha value is -1.38. The molecule has 1 aromatic carbocycles. The van der Waals surface area contributed by atoms with Crippen molar-refractivity contribution in [3.05, 3.63) is 16.7 Å². The van der Waals surface area contributed by atoms with E-state index in [9.17, 15) is 10.2 Å². The number of phenols is 2. The van der Waals surface area contributed by atoms with Gasteiger partial charge >= 0.3 is 0 Å². The Labute approximate surface area is 84.0 Å². The number of aromatic hydroxyl groups is 2. The van der Waals surface area contributed by atoms with Gasteiger partial charge < -0.3 is 14.9 Å². The summed E-state index contributed by atoms with van der Waals surface area (Å²) in [6.07, 6.45) is 0. The summed E-state index contributed by atoms with van der Waals surface area (Å²) in [6, 6.07) is 0. The maximum atomic E-state index is 9.64. The molecule has 0 aromatic heterocycles. The molecule has 0 aliphatic rings. The fourth-order valence-electron chi connectivity index (χ4n) is 1.41. The zero-order valence-electron chi connectivity index (χ0n) is 9.01. The van der Waals surface area contributed by atoms with Crippen molar-refractivity contribution < 1.29 is 14.9 Å². The Bertz CT molecular complexity index is 327. The Kier molecular flexibility index (Phi) is 2.89. The van der Waals surface area contributed by atoms with E-state index >= 15 is 0 Å². The molecular formula is C11H16O3. The third-order valence-corrected chi connectivity index (χ3v) is 2.55. The van der Waals surface area contributed by atoms with E-state index in [4.69, 9.17) is 4.74 Å². The molecular weight excluding hydrogens is 180 g/mol. The lowest BCUT2D eigenvalue weighted by Gasteiger charge is -2.15. The summed E-state index contributed by atoms with van der Waals surface area (Å²) in [7, 11) is 0. The summed E-state index contributed by atoms with van der Waals surface area (Å²) in [5, 5.41) is 19.2. The van der Waals surface area contributed by atoms with Gasteiger partial charge in [0.2, 0.25) is 5.75 Å². The third-order valence-electron chi connectivity index (χ3n) is 2.55. The van der Waals surface area contributed by atoms with Crippen molar-refractivity contribution in [1.29, 1.82) is 0 Å². The zero-order valence-corrected chi connectivity index (χ0v) is 9.01. The quantitative estimate of drug-likeness (QED) is 0.714. The van der Waals surface area contributed by atoms with Gasteiger partial charge in [-0.15, -0.1) is 0 Å². The van der Waals surface area contributed by atoms with Crippen LogP contribution >= 0.6 is 0 Å². The van der Waals surface area contributed by atoms with Gasteiger partial charge in [0.25, 0.3) is 0 Å². The molecule has 0 heterocycles. The second kappa shape index (κ2) is 3.78. The van der Waals surface area contributed by atoms with Gasteiger partial charge in [-0.25, -0.2) is 0 Å². The highest BCUT2D eigenvalue weighted by Gasteiger charge is 2.17. The van der Waals surface area contributed by atoms with Crippen LogP contribution in [0.4, 0.5) is 0 Å². The molecule has 0 aliphatic carbocycles. The van der Waals surface area contributed by atoms with Crippen molar-refractivity contribution in [2.75, 3.05) is 6.61 Å². The van der Waals surface area contributed by atoms with Crippen LogP contribution in [0.1, 0.15) is 23.6 Å². The summed E-state index contributed by atoms with van der Waals surface area (Å²) < 4.78 is 5.27. The van der Waals surface area contributed by atoms with Gasteiger partial charge in [-0.05, 0) is 44.4 Å². The molecule has 0 radical (unpaired) electrons. The molecule has 14 heavy (non-hydrogen) atoms. The Morgan fingerprint density at radius 2 is 1.50 bits per heavy atom. The van der Waals surface area contributed by atoms with Gasteiger partial charge in [0.1, 0.15) is 0 Å². The van der Waals surface area contributed by atoms with Gasteiger partial charge in [0.15, 0.2) is 11.5 Å². The highest BCUT2D eigenvalue weighted by Crippen LogP contribution is 2.42. The van der Waals surface area contributed by atoms with E-state index in [1.54, 1.807) is 6.92 Å². The topological polar surface area (TPSA) is 49.7 Å². The average molecular weight is 196 g/mol. The molecule has 2 N–H and O–H groups in total. The van der Waals surface area contributed by atoms with Crippen molar-refractivity contribution >= 4 is 0 Å². The second-order valence-electron chi connectivity index (χ2n) is 3.33. The smallest absolute Gasteiger partial charge is 0.201 e. The fourth-order valence-corrected chi connectivity index (χ4v) is 1.41. The molecule has 0 unspecified atom stereocenters. The predicted octanol–water partition coefficient (Wildman–Crippen LogP) is 2.42. The molecule has 0 fully saturated rings. The molecule has 0 saturated carbocycles. The molecule has 78 valence electrons. The predicted molar refractivity (Wildman–Crippen MR) is 55.2 cm³/mol. The first kappa shape index (κ1) is 10.7. The monoisotopic (exact) mass is 196 g/mol. The minimum atomic E-state index is -0.160. The van der Waals surface area contributed by atoms with E-state index in [1.165, 1.54) is 0 Å². The Morgan fingerprint density at radius 1 is 0.929 bits per heavy atom. The van der Waals surface area contributed by atoms with Crippen LogP contribution in [0.2, 0.25) is 0 Å². The lowest BCUT2D eigenvalue weighted by molar-refractivity contribution is 0.305. The zero-order chi connectivity index (χ0) is 10.9. The Balaban J connectivity index is 3.43. The van der Waals surface area contributed by atoms with Crippen LogP contribution in [-0.4, -0.2) is 16.8 Å². The molecule has 3 nitrogen and oxygen atoms in total. The summed E-state index contributed by atoms with van der Waals surface area (Å²) >= 11 is 0. The van der Waals surface area contributed by atoms with E-state index < -0.39 is 0 Å². The average Bonchev–Trinajstić information content (AvgIpc) is 2.19. The molecule has 0 aliphatic heterocycles. The van der Waals surface area contributed by atoms with E-state index in [-0.39, 0.29) is 11.5 Å². The van der Waals surface area contributed by atoms with Crippen molar-refractivity contribution in [2.24, 2.45) is 0 Å². The van der Waals surface area contributed by atoms with Crippen LogP contribution in [0, 0.1) is 20.8 Å². The number of hydrogen-bond donors (Lipinski definition) is 2. The summed E-state index contributed by atoms with van der Waals surface area (Å²) in [6.45, 7) is 7.84. The molecule has 0 saturated heterocycles. The molecule has 3 heteroatoms. The number of rotatable bonds is 2. The van der Waals surface area contributed by atoms with Gasteiger partial charge in [0, 0.05) is 0 Å². The summed E-state index contributed by atoms with van der Waals surface area (Å²) in [5.41, 5.74) is 2.52. The van der Waals surface area contributed by atoms with E-state index in [0.717, 1.165) is 11.1 Å². The maximum Gasteiger partial charge on any atom is 0.201 e. The molecule has 0 atom stereocenters. The third kappa shape index (κ3) is 1.50. The lowest BCUT2D eigenvalue weighted by Crippen LogP contribution is -1.98. The van der Waals surface area contributed by atoms with Crippen LogP contribution in [0.15, 0.2) is 0 Å². The Morgan fingerprint density at radius 3 is 2.00 bits per heavy atom. The standard InChI is InChI=1S/C11H16O3/c1-5-14-11-8(4)6(2)7(3)9(12)10(11)13/h12-13H,5H2,1-4H3. The summed E-state index contributed by atoms with van der Waals surface area (Å²) in [5.74, 6) is 0.136. The van der Waals surface area contributed by atoms with Gasteiger partial charge in [-0.3, -0.25) is 0 Å². The van der Waals surface area contributed by atoms with Gasteiger partial charge in [0.05, 0.1) is 6.61 Å². The lowest BCUT2D eigenvalue weighted by atomic mass is 10.0. The molecule has 0 spiro atoms. The van der Waals surface area contributed by atoms with Crippen LogP contribution in [0.25, 0.3) is 0 Å². The highest BCUT2D eigenvalue weighted by atomic mass is 16.5. The van der Waals surface area contributed by atoms with Crippen LogP contribution in [0.5, 0.6) is 17.2 Å². The van der Waals surface area contributed by atoms with E-state index in [1.807, 2.05) is 20.8 Å². The van der Waals surface area contributed by atoms with E-state index in [2.05, 4.69) is 0 Å². The maximum absolute atomic E-state index is 9.64. The first-order chi connectivity index (χ1) is 6.50. The first-order valence-electron chi connectivity index (χ1n) is 4.65. The largest absolute Gasteiger partial charge is 0.504 e. The number of benzene rings is 1.